The molecule has 0 unspecified atom stereocenters. The minimum Gasteiger partial charge on any atom is -0.299 e. The Morgan fingerprint density at radius 3 is 2.56 bits per heavy atom. The fourth-order valence-corrected chi connectivity index (χ4v) is 1.65. The maximum Gasteiger partial charge on any atom is 0.142 e. The molecule has 0 saturated carbocycles. The van der Waals surface area contributed by atoms with E-state index in [4.69, 9.17) is 0 Å². The average molecular weight is 208 g/mol. The maximum absolute atomic E-state index is 10.1. The highest BCUT2D eigenvalue weighted by molar-refractivity contribution is 5.78. The summed E-state index contributed by atoms with van der Waals surface area (Å²) in [7, 11) is 0. The first-order valence-corrected chi connectivity index (χ1v) is 5.18. The van der Waals surface area contributed by atoms with Crippen molar-refractivity contribution in [3.05, 3.63) is 66.3 Å². The lowest BCUT2D eigenvalue weighted by Gasteiger charge is -1.93. The number of rotatable bonds is 3. The van der Waals surface area contributed by atoms with Gasteiger partial charge in [-0.1, -0.05) is 60.7 Å². The summed E-state index contributed by atoms with van der Waals surface area (Å²) in [6.07, 6.45) is 7.85. The molecule has 0 heterocycles. The molecular formula is C15H12O. The van der Waals surface area contributed by atoms with Crippen LogP contribution in [0.1, 0.15) is 5.56 Å². The molecule has 0 atom stereocenters. The molecule has 0 amide bonds. The average Bonchev–Trinajstić information content (AvgIpc) is 2.54. The van der Waals surface area contributed by atoms with Gasteiger partial charge in [0, 0.05) is 0 Å². The van der Waals surface area contributed by atoms with Gasteiger partial charge in [0.1, 0.15) is 6.29 Å². The van der Waals surface area contributed by atoms with Crippen molar-refractivity contribution in [3.63, 3.8) is 0 Å². The Morgan fingerprint density at radius 2 is 1.69 bits per heavy atom. The van der Waals surface area contributed by atoms with Crippen LogP contribution in [-0.2, 0) is 4.79 Å². The van der Waals surface area contributed by atoms with Gasteiger partial charge in [0.15, 0.2) is 0 Å². The molecule has 78 valence electrons. The van der Waals surface area contributed by atoms with Crippen LogP contribution in [0.4, 0.5) is 0 Å². The molecule has 0 fully saturated rings. The number of allylic oxidation sites excluding steroid dienone is 3. The highest BCUT2D eigenvalue weighted by Crippen LogP contribution is 2.27. The third-order valence-electron chi connectivity index (χ3n) is 2.40. The summed E-state index contributed by atoms with van der Waals surface area (Å²) in [5.74, 6) is 0. The SMILES string of the molecule is O=C/C=C/C=C/c1ccc2cccccc1-2. The zero-order valence-corrected chi connectivity index (χ0v) is 8.84. The molecule has 0 bridgehead atoms. The van der Waals surface area contributed by atoms with Crippen LogP contribution >= 0.6 is 0 Å². The van der Waals surface area contributed by atoms with E-state index in [-0.39, 0.29) is 0 Å². The molecule has 0 aromatic carbocycles. The van der Waals surface area contributed by atoms with E-state index in [2.05, 4.69) is 24.3 Å². The Balaban J connectivity index is 2.31. The molecule has 1 nitrogen and oxygen atoms in total. The molecule has 0 aromatic rings. The second-order valence-corrected chi connectivity index (χ2v) is 3.45. The van der Waals surface area contributed by atoms with E-state index in [1.54, 1.807) is 6.08 Å². The molecule has 0 aliphatic heterocycles. The molecule has 0 saturated heterocycles. The first-order chi connectivity index (χ1) is 7.92. The van der Waals surface area contributed by atoms with Crippen LogP contribution in [0.25, 0.3) is 17.2 Å². The molecule has 0 aromatic heterocycles. The number of hydrogen-bond donors (Lipinski definition) is 0. The van der Waals surface area contributed by atoms with Crippen molar-refractivity contribution < 1.29 is 4.79 Å². The number of aldehydes is 1. The van der Waals surface area contributed by atoms with E-state index >= 15 is 0 Å². The third-order valence-corrected chi connectivity index (χ3v) is 2.40. The zero-order chi connectivity index (χ0) is 11.2. The van der Waals surface area contributed by atoms with Gasteiger partial charge in [-0.15, -0.1) is 0 Å². The Morgan fingerprint density at radius 1 is 0.812 bits per heavy atom. The summed E-state index contributed by atoms with van der Waals surface area (Å²) in [5, 5.41) is 0. The second kappa shape index (κ2) is 5.08. The van der Waals surface area contributed by atoms with Gasteiger partial charge in [0.2, 0.25) is 0 Å². The largest absolute Gasteiger partial charge is 0.299 e. The van der Waals surface area contributed by atoms with Crippen LogP contribution in [0.2, 0.25) is 0 Å². The van der Waals surface area contributed by atoms with Crippen LogP contribution in [-0.4, -0.2) is 6.29 Å². The van der Waals surface area contributed by atoms with Gasteiger partial charge in [-0.25, -0.2) is 0 Å². The maximum atomic E-state index is 10.1. The number of hydrogen-bond acceptors (Lipinski definition) is 1. The predicted molar refractivity (Wildman–Crippen MR) is 67.3 cm³/mol. The van der Waals surface area contributed by atoms with Gasteiger partial charge in [-0.05, 0) is 22.8 Å². The van der Waals surface area contributed by atoms with Crippen molar-refractivity contribution in [2.75, 3.05) is 0 Å². The fraction of sp³-hybridized carbons (Fsp3) is 0. The first kappa shape index (κ1) is 10.4. The lowest BCUT2D eigenvalue weighted by atomic mass is 10.1. The molecule has 16 heavy (non-hydrogen) atoms. The van der Waals surface area contributed by atoms with Crippen molar-refractivity contribution in [1.29, 1.82) is 0 Å². The van der Waals surface area contributed by atoms with Crippen molar-refractivity contribution in [2.45, 2.75) is 0 Å². The van der Waals surface area contributed by atoms with E-state index in [0.29, 0.717) is 0 Å². The summed E-state index contributed by atoms with van der Waals surface area (Å²) in [6.45, 7) is 0. The molecule has 2 rings (SSSR count). The highest BCUT2D eigenvalue weighted by Gasteiger charge is 2.03. The van der Waals surface area contributed by atoms with Crippen molar-refractivity contribution in [3.8, 4) is 11.1 Å². The Kier molecular flexibility index (Phi) is 3.29. The topological polar surface area (TPSA) is 17.1 Å². The Hall–Kier alpha value is -2.15. The lowest BCUT2D eigenvalue weighted by Crippen LogP contribution is -1.69. The normalized spacial score (nSPS) is 11.5. The van der Waals surface area contributed by atoms with Crippen LogP contribution in [0.5, 0.6) is 0 Å². The minimum absolute atomic E-state index is 0.771. The van der Waals surface area contributed by atoms with Gasteiger partial charge in [0.05, 0.1) is 0 Å². The number of fused-ring (bicyclic) bond motifs is 1. The van der Waals surface area contributed by atoms with E-state index in [0.717, 1.165) is 6.29 Å². The van der Waals surface area contributed by atoms with E-state index in [1.165, 1.54) is 22.8 Å². The summed E-state index contributed by atoms with van der Waals surface area (Å²) in [6, 6.07) is 14.4. The Labute approximate surface area is 95.1 Å². The molecule has 2 aliphatic carbocycles. The molecule has 2 aliphatic rings. The number of carbonyl (C=O) groups is 1. The lowest BCUT2D eigenvalue weighted by molar-refractivity contribution is -0.104. The van der Waals surface area contributed by atoms with Crippen molar-refractivity contribution >= 4 is 12.4 Å². The molecule has 1 heteroatoms. The quantitative estimate of drug-likeness (QED) is 0.428. The Bertz CT molecular complexity index is 509. The minimum atomic E-state index is 0.771. The van der Waals surface area contributed by atoms with Crippen LogP contribution < -0.4 is 0 Å². The van der Waals surface area contributed by atoms with E-state index < -0.39 is 0 Å². The third kappa shape index (κ3) is 2.26. The molecule has 0 spiro atoms. The number of carbonyl (C=O) groups excluding carboxylic acids is 1. The van der Waals surface area contributed by atoms with Gasteiger partial charge in [-0.3, -0.25) is 4.79 Å². The van der Waals surface area contributed by atoms with Gasteiger partial charge < -0.3 is 0 Å². The van der Waals surface area contributed by atoms with Crippen LogP contribution in [0.3, 0.4) is 0 Å². The summed E-state index contributed by atoms with van der Waals surface area (Å²) >= 11 is 0. The highest BCUT2D eigenvalue weighted by atomic mass is 16.1. The van der Waals surface area contributed by atoms with Crippen molar-refractivity contribution in [1.82, 2.24) is 0 Å². The summed E-state index contributed by atoms with van der Waals surface area (Å²) in [5.41, 5.74) is 3.62. The molecule has 0 radical (unpaired) electrons. The van der Waals surface area contributed by atoms with Gasteiger partial charge in [0.25, 0.3) is 0 Å². The van der Waals surface area contributed by atoms with Gasteiger partial charge in [-0.2, -0.15) is 0 Å². The van der Waals surface area contributed by atoms with Crippen LogP contribution in [0, 0.1) is 0 Å². The zero-order valence-electron chi connectivity index (χ0n) is 8.84. The standard InChI is InChI=1S/C15H12O/c16-12-6-2-4-8-14-11-10-13-7-3-1-5-9-15(13)14/h1-12H/b6-2+,8-4+. The monoisotopic (exact) mass is 208 g/mol. The van der Waals surface area contributed by atoms with E-state index in [1.807, 2.05) is 30.4 Å². The van der Waals surface area contributed by atoms with Crippen molar-refractivity contribution in [2.24, 2.45) is 0 Å². The summed E-state index contributed by atoms with van der Waals surface area (Å²) in [4.78, 5) is 10.1. The molecular weight excluding hydrogens is 196 g/mol. The summed E-state index contributed by atoms with van der Waals surface area (Å²) < 4.78 is 0. The predicted octanol–water partition coefficient (Wildman–Crippen LogP) is 3.56. The first-order valence-electron chi connectivity index (χ1n) is 5.18. The van der Waals surface area contributed by atoms with Crippen LogP contribution in [0.15, 0.2) is 60.7 Å². The fourth-order valence-electron chi connectivity index (χ4n) is 1.65. The second-order valence-electron chi connectivity index (χ2n) is 3.45. The smallest absolute Gasteiger partial charge is 0.142 e. The van der Waals surface area contributed by atoms with E-state index in [9.17, 15) is 4.79 Å². The van der Waals surface area contributed by atoms with Gasteiger partial charge >= 0.3 is 0 Å². The molecule has 0 N–H and O–H groups in total.